The van der Waals surface area contributed by atoms with Crippen molar-refractivity contribution in [1.82, 2.24) is 21.5 Å². The van der Waals surface area contributed by atoms with Crippen LogP contribution >= 0.6 is 0 Å². The Bertz CT molecular complexity index is 632. The SMILES string of the molecule is CCC(C)C(=O)NC/C(C)=N/NC(=O)CCCCC(=O)N/N=C(\C)CNC(=O)C(C)CC. The molecule has 0 aromatic carbocycles. The van der Waals surface area contributed by atoms with E-state index < -0.39 is 0 Å². The second kappa shape index (κ2) is 16.9. The van der Waals surface area contributed by atoms with E-state index in [1.165, 1.54) is 0 Å². The molecule has 2 unspecified atom stereocenters. The first-order chi connectivity index (χ1) is 15.1. The van der Waals surface area contributed by atoms with E-state index in [0.29, 0.717) is 24.3 Å². The Morgan fingerprint density at radius 1 is 0.688 bits per heavy atom. The van der Waals surface area contributed by atoms with Crippen LogP contribution in [-0.4, -0.2) is 48.1 Å². The van der Waals surface area contributed by atoms with Crippen LogP contribution in [0, 0.1) is 11.8 Å². The van der Waals surface area contributed by atoms with Crippen molar-refractivity contribution < 1.29 is 19.2 Å². The minimum atomic E-state index is -0.246. The number of carbonyl (C=O) groups is 4. The Morgan fingerprint density at radius 2 is 1.03 bits per heavy atom. The minimum absolute atomic E-state index is 0.0398. The molecule has 0 aromatic rings. The molecule has 0 fully saturated rings. The van der Waals surface area contributed by atoms with Gasteiger partial charge in [0.05, 0.1) is 24.5 Å². The second-order valence-corrected chi connectivity index (χ2v) is 8.03. The smallest absolute Gasteiger partial charge is 0.240 e. The second-order valence-electron chi connectivity index (χ2n) is 8.03. The van der Waals surface area contributed by atoms with Crippen molar-refractivity contribution in [2.45, 2.75) is 80.1 Å². The van der Waals surface area contributed by atoms with Crippen molar-refractivity contribution in [3.05, 3.63) is 0 Å². The summed E-state index contributed by atoms with van der Waals surface area (Å²) >= 11 is 0. The molecule has 0 saturated carbocycles. The van der Waals surface area contributed by atoms with Gasteiger partial charge in [0.25, 0.3) is 0 Å². The molecule has 0 saturated heterocycles. The van der Waals surface area contributed by atoms with E-state index in [9.17, 15) is 19.2 Å². The summed E-state index contributed by atoms with van der Waals surface area (Å²) in [6.07, 6.45) is 3.08. The first-order valence-corrected chi connectivity index (χ1v) is 11.3. The first kappa shape index (κ1) is 29.2. The summed E-state index contributed by atoms with van der Waals surface area (Å²) < 4.78 is 0. The molecule has 4 amide bonds. The summed E-state index contributed by atoms with van der Waals surface area (Å²) in [6.45, 7) is 11.6. The van der Waals surface area contributed by atoms with Gasteiger partial charge in [-0.2, -0.15) is 10.2 Å². The maximum absolute atomic E-state index is 11.8. The fourth-order valence-electron chi connectivity index (χ4n) is 2.23. The van der Waals surface area contributed by atoms with Crippen molar-refractivity contribution in [2.24, 2.45) is 22.0 Å². The Morgan fingerprint density at radius 3 is 1.34 bits per heavy atom. The van der Waals surface area contributed by atoms with Gasteiger partial charge in [0, 0.05) is 24.7 Å². The molecule has 0 aliphatic carbocycles. The van der Waals surface area contributed by atoms with Crippen LogP contribution in [0.4, 0.5) is 0 Å². The van der Waals surface area contributed by atoms with E-state index in [1.807, 2.05) is 27.7 Å². The van der Waals surface area contributed by atoms with Crippen LogP contribution in [0.1, 0.15) is 80.1 Å². The van der Waals surface area contributed by atoms with Gasteiger partial charge in [-0.25, -0.2) is 10.9 Å². The van der Waals surface area contributed by atoms with Crippen molar-refractivity contribution in [3.8, 4) is 0 Å². The summed E-state index contributed by atoms with van der Waals surface area (Å²) in [7, 11) is 0. The molecule has 0 aliphatic rings. The van der Waals surface area contributed by atoms with Crippen LogP contribution in [0.2, 0.25) is 0 Å². The lowest BCUT2D eigenvalue weighted by Gasteiger charge is -2.09. The van der Waals surface area contributed by atoms with E-state index in [0.717, 1.165) is 12.8 Å². The third-order valence-corrected chi connectivity index (χ3v) is 4.96. The minimum Gasteiger partial charge on any atom is -0.351 e. The number of hydrogen-bond donors (Lipinski definition) is 4. The molecule has 32 heavy (non-hydrogen) atoms. The third-order valence-electron chi connectivity index (χ3n) is 4.96. The lowest BCUT2D eigenvalue weighted by atomic mass is 10.1. The summed E-state index contributed by atoms with van der Waals surface area (Å²) in [6, 6.07) is 0. The number of hydrogen-bond acceptors (Lipinski definition) is 6. The van der Waals surface area contributed by atoms with Crippen molar-refractivity contribution in [2.75, 3.05) is 13.1 Å². The number of amides is 4. The topological polar surface area (TPSA) is 141 Å². The number of nitrogens with one attached hydrogen (secondary N) is 4. The summed E-state index contributed by atoms with van der Waals surface area (Å²) in [5.74, 6) is -0.684. The van der Waals surface area contributed by atoms with Gasteiger partial charge >= 0.3 is 0 Å². The third kappa shape index (κ3) is 14.3. The maximum atomic E-state index is 11.8. The zero-order chi connectivity index (χ0) is 24.5. The van der Waals surface area contributed by atoms with Gasteiger partial charge < -0.3 is 10.6 Å². The van der Waals surface area contributed by atoms with Gasteiger partial charge in [-0.3, -0.25) is 19.2 Å². The van der Waals surface area contributed by atoms with E-state index >= 15 is 0 Å². The Balaban J connectivity index is 4.01. The quantitative estimate of drug-likeness (QED) is 0.171. The van der Waals surface area contributed by atoms with Gasteiger partial charge in [-0.15, -0.1) is 0 Å². The van der Waals surface area contributed by atoms with Gasteiger partial charge in [0.1, 0.15) is 0 Å². The number of carbonyl (C=O) groups excluding carboxylic acids is 4. The van der Waals surface area contributed by atoms with Crippen LogP contribution in [-0.2, 0) is 19.2 Å². The molecule has 10 heteroatoms. The fraction of sp³-hybridized carbons (Fsp3) is 0.727. The van der Waals surface area contributed by atoms with Crippen LogP contribution in [0.15, 0.2) is 10.2 Å². The molecule has 10 nitrogen and oxygen atoms in total. The van der Waals surface area contributed by atoms with E-state index in [2.05, 4.69) is 31.7 Å². The van der Waals surface area contributed by atoms with Crippen molar-refractivity contribution >= 4 is 35.1 Å². The highest BCUT2D eigenvalue weighted by atomic mass is 16.2. The fourth-order valence-corrected chi connectivity index (χ4v) is 2.23. The summed E-state index contributed by atoms with van der Waals surface area (Å²) in [5.41, 5.74) is 6.11. The Labute approximate surface area is 191 Å². The van der Waals surface area contributed by atoms with Gasteiger partial charge in [0.2, 0.25) is 23.6 Å². The van der Waals surface area contributed by atoms with Gasteiger partial charge in [0.15, 0.2) is 0 Å². The standard InChI is InChI=1S/C22H40N6O4/c1-7-15(3)21(31)23-13-17(5)25-27-19(29)11-9-10-12-20(30)28-26-18(6)14-24-22(32)16(4)8-2/h15-16H,7-14H2,1-6H3,(H,23,31)(H,24,32)(H,27,29)(H,28,30)/b25-17+,26-18+. The zero-order valence-electron chi connectivity index (χ0n) is 20.3. The molecule has 0 radical (unpaired) electrons. The molecule has 0 aromatic heterocycles. The Hall–Kier alpha value is -2.78. The van der Waals surface area contributed by atoms with Crippen LogP contribution in [0.5, 0.6) is 0 Å². The van der Waals surface area contributed by atoms with Gasteiger partial charge in [-0.05, 0) is 39.5 Å². The van der Waals surface area contributed by atoms with Crippen LogP contribution in [0.25, 0.3) is 0 Å². The summed E-state index contributed by atoms with van der Waals surface area (Å²) in [4.78, 5) is 47.1. The van der Waals surface area contributed by atoms with E-state index in [1.54, 1.807) is 13.8 Å². The molecule has 2 atom stereocenters. The predicted molar refractivity (Wildman–Crippen MR) is 126 cm³/mol. The lowest BCUT2D eigenvalue weighted by molar-refractivity contribution is -0.125. The maximum Gasteiger partial charge on any atom is 0.240 e. The molecule has 0 aliphatic heterocycles. The van der Waals surface area contributed by atoms with Crippen molar-refractivity contribution in [3.63, 3.8) is 0 Å². The number of nitrogens with zero attached hydrogens (tertiary/aromatic N) is 2. The molecular weight excluding hydrogens is 412 g/mol. The molecular formula is C22H40N6O4. The Kier molecular flexibility index (Phi) is 15.4. The lowest BCUT2D eigenvalue weighted by Crippen LogP contribution is -2.33. The first-order valence-electron chi connectivity index (χ1n) is 11.3. The van der Waals surface area contributed by atoms with Crippen LogP contribution < -0.4 is 21.5 Å². The highest BCUT2D eigenvalue weighted by Crippen LogP contribution is 2.01. The van der Waals surface area contributed by atoms with E-state index in [-0.39, 0.29) is 61.4 Å². The van der Waals surface area contributed by atoms with Crippen molar-refractivity contribution in [1.29, 1.82) is 0 Å². The molecule has 0 rings (SSSR count). The summed E-state index contributed by atoms with van der Waals surface area (Å²) in [5, 5.41) is 13.5. The average Bonchev–Trinajstić information content (AvgIpc) is 2.79. The number of hydrazone groups is 2. The molecule has 182 valence electrons. The number of unbranched alkanes of at least 4 members (excludes halogenated alkanes) is 1. The predicted octanol–water partition coefficient (Wildman–Crippen LogP) is 1.86. The normalized spacial score (nSPS) is 13.7. The van der Waals surface area contributed by atoms with E-state index in [4.69, 9.17) is 0 Å². The largest absolute Gasteiger partial charge is 0.351 e. The molecule has 0 bridgehead atoms. The molecule has 0 heterocycles. The molecule has 4 N–H and O–H groups in total. The average molecular weight is 453 g/mol. The zero-order valence-corrected chi connectivity index (χ0v) is 20.3. The van der Waals surface area contributed by atoms with Crippen LogP contribution in [0.3, 0.4) is 0 Å². The highest BCUT2D eigenvalue weighted by Gasteiger charge is 2.11. The van der Waals surface area contributed by atoms with Gasteiger partial charge in [-0.1, -0.05) is 27.7 Å². The molecule has 0 spiro atoms. The monoisotopic (exact) mass is 452 g/mol. The highest BCUT2D eigenvalue weighted by molar-refractivity contribution is 5.90. The number of rotatable bonds is 15.